The molecule has 3 rings (SSSR count). The number of aliphatic carboxylic acids is 1. The number of methoxy groups -OCH3 is 1. The number of carboxylic acid groups (broad SMARTS) is 1. The van der Waals surface area contributed by atoms with Crippen molar-refractivity contribution < 1.29 is 29.0 Å². The van der Waals surface area contributed by atoms with E-state index in [1.165, 1.54) is 7.11 Å². The molecule has 0 saturated carbocycles. The molecule has 2 aromatic rings. The molecule has 1 aliphatic carbocycles. The molecule has 0 aliphatic heterocycles. The summed E-state index contributed by atoms with van der Waals surface area (Å²) < 4.78 is 10.6. The highest BCUT2D eigenvalue weighted by molar-refractivity contribution is 5.84. The minimum atomic E-state index is -1.16. The summed E-state index contributed by atoms with van der Waals surface area (Å²) in [6, 6.07) is 14.8. The van der Waals surface area contributed by atoms with E-state index in [0.29, 0.717) is 12.8 Å². The van der Waals surface area contributed by atoms with E-state index in [-0.39, 0.29) is 25.0 Å². The monoisotopic (exact) mass is 468 g/mol. The number of nitrogens with one attached hydrogen (secondary N) is 2. The van der Waals surface area contributed by atoms with Crippen LogP contribution in [0, 0.1) is 0 Å². The second-order valence-corrected chi connectivity index (χ2v) is 8.44. The van der Waals surface area contributed by atoms with Crippen LogP contribution in [0.5, 0.6) is 0 Å². The topological polar surface area (TPSA) is 114 Å². The van der Waals surface area contributed by atoms with Crippen molar-refractivity contribution >= 4 is 18.0 Å². The first-order chi connectivity index (χ1) is 16.3. The van der Waals surface area contributed by atoms with Crippen LogP contribution in [0.2, 0.25) is 0 Å². The maximum atomic E-state index is 12.5. The summed E-state index contributed by atoms with van der Waals surface area (Å²) in [7, 11) is 1.39. The lowest BCUT2D eigenvalue weighted by atomic mass is 9.98. The quantitative estimate of drug-likeness (QED) is 0.464. The normalized spacial score (nSPS) is 14.9. The van der Waals surface area contributed by atoms with Crippen LogP contribution in [0.25, 0.3) is 11.1 Å². The van der Waals surface area contributed by atoms with E-state index in [1.807, 2.05) is 31.2 Å². The first kappa shape index (κ1) is 25.2. The zero-order chi connectivity index (χ0) is 24.7. The lowest BCUT2D eigenvalue weighted by Crippen LogP contribution is -2.48. The van der Waals surface area contributed by atoms with Gasteiger partial charge < -0.3 is 25.2 Å². The van der Waals surface area contributed by atoms with Crippen LogP contribution < -0.4 is 10.6 Å². The third kappa shape index (κ3) is 5.94. The number of amides is 2. The van der Waals surface area contributed by atoms with Gasteiger partial charge in [0.1, 0.15) is 6.61 Å². The number of carbonyl (C=O) groups excluding carboxylic acids is 2. The van der Waals surface area contributed by atoms with Crippen LogP contribution in [0.15, 0.2) is 48.5 Å². The van der Waals surface area contributed by atoms with E-state index < -0.39 is 30.1 Å². The van der Waals surface area contributed by atoms with Gasteiger partial charge in [-0.1, -0.05) is 55.5 Å². The fraction of sp³-hybridized carbons (Fsp3) is 0.423. The molecule has 0 bridgehead atoms. The van der Waals surface area contributed by atoms with Gasteiger partial charge in [-0.25, -0.2) is 9.59 Å². The Balaban J connectivity index is 1.51. The smallest absolute Gasteiger partial charge is 0.407 e. The molecular formula is C26H32N2O6. The van der Waals surface area contributed by atoms with E-state index in [0.717, 1.165) is 22.3 Å². The number of rotatable bonds is 11. The Labute approximate surface area is 199 Å². The van der Waals surface area contributed by atoms with Gasteiger partial charge in [-0.2, -0.15) is 0 Å². The van der Waals surface area contributed by atoms with Crippen molar-refractivity contribution in [3.05, 3.63) is 59.7 Å². The van der Waals surface area contributed by atoms with Crippen LogP contribution in [0.1, 0.15) is 50.2 Å². The zero-order valence-electron chi connectivity index (χ0n) is 19.7. The number of benzene rings is 2. The standard InChI is InChI=1S/C26H32N2O6/c1-4-17(13-14-23(29)28-24(25(30)31)16(2)33-3)27-26(32)34-15-22-20-11-7-5-9-18(20)19-10-6-8-12-21(19)22/h5-12,16-17,22,24H,4,13-15H2,1-3H3,(H,27,32)(H,28,29)(H,30,31)/t16-,17?,24+/m1/s1. The number of hydrogen-bond donors (Lipinski definition) is 3. The van der Waals surface area contributed by atoms with E-state index in [9.17, 15) is 19.5 Å². The Bertz CT molecular complexity index is 978. The highest BCUT2D eigenvalue weighted by atomic mass is 16.5. The molecule has 0 radical (unpaired) electrons. The fourth-order valence-electron chi connectivity index (χ4n) is 4.25. The molecule has 0 heterocycles. The van der Waals surface area contributed by atoms with Gasteiger partial charge in [-0.3, -0.25) is 4.79 Å². The molecule has 8 heteroatoms. The lowest BCUT2D eigenvalue weighted by Gasteiger charge is -2.21. The van der Waals surface area contributed by atoms with Crippen LogP contribution in [-0.2, 0) is 19.1 Å². The molecule has 34 heavy (non-hydrogen) atoms. The van der Waals surface area contributed by atoms with Gasteiger partial charge in [-0.15, -0.1) is 0 Å². The molecule has 0 saturated heterocycles. The van der Waals surface area contributed by atoms with E-state index in [2.05, 4.69) is 34.9 Å². The van der Waals surface area contributed by atoms with Crippen molar-refractivity contribution in [3.63, 3.8) is 0 Å². The molecule has 3 N–H and O–H groups in total. The number of fused-ring (bicyclic) bond motifs is 3. The average Bonchev–Trinajstić information content (AvgIpc) is 3.16. The van der Waals surface area contributed by atoms with Gasteiger partial charge in [0.25, 0.3) is 0 Å². The lowest BCUT2D eigenvalue weighted by molar-refractivity contribution is -0.145. The summed E-state index contributed by atoms with van der Waals surface area (Å²) in [6.45, 7) is 3.69. The molecule has 0 spiro atoms. The Morgan fingerprint density at radius 2 is 1.59 bits per heavy atom. The third-order valence-electron chi connectivity index (χ3n) is 6.30. The Hall–Kier alpha value is -3.39. The maximum absolute atomic E-state index is 12.5. The molecular weight excluding hydrogens is 436 g/mol. The van der Waals surface area contributed by atoms with Gasteiger partial charge >= 0.3 is 12.1 Å². The summed E-state index contributed by atoms with van der Waals surface area (Å²) in [5.41, 5.74) is 4.59. The highest BCUT2D eigenvalue weighted by Crippen LogP contribution is 2.44. The van der Waals surface area contributed by atoms with Crippen molar-refractivity contribution in [2.75, 3.05) is 13.7 Å². The highest BCUT2D eigenvalue weighted by Gasteiger charge is 2.29. The van der Waals surface area contributed by atoms with E-state index in [4.69, 9.17) is 9.47 Å². The summed E-state index contributed by atoms with van der Waals surface area (Å²) in [5, 5.41) is 14.6. The molecule has 3 atom stereocenters. The van der Waals surface area contributed by atoms with Crippen LogP contribution in [0.3, 0.4) is 0 Å². The summed E-state index contributed by atoms with van der Waals surface area (Å²) in [5.74, 6) is -1.60. The maximum Gasteiger partial charge on any atom is 0.407 e. The van der Waals surface area contributed by atoms with Crippen LogP contribution in [0.4, 0.5) is 4.79 Å². The number of carboxylic acids is 1. The minimum Gasteiger partial charge on any atom is -0.480 e. The molecule has 0 aromatic heterocycles. The largest absolute Gasteiger partial charge is 0.480 e. The number of alkyl carbamates (subject to hydrolysis) is 1. The zero-order valence-corrected chi connectivity index (χ0v) is 19.7. The first-order valence-electron chi connectivity index (χ1n) is 11.5. The Morgan fingerprint density at radius 1 is 1.00 bits per heavy atom. The van der Waals surface area contributed by atoms with Crippen molar-refractivity contribution in [2.45, 2.75) is 57.2 Å². The van der Waals surface area contributed by atoms with Gasteiger partial charge in [0, 0.05) is 25.5 Å². The SMILES string of the molecule is CCC(CCC(=O)N[C@H](C(=O)O)[C@@H](C)OC)NC(=O)OCC1c2ccccc2-c2ccccc21. The third-order valence-corrected chi connectivity index (χ3v) is 6.30. The molecule has 0 fully saturated rings. The van der Waals surface area contributed by atoms with Crippen molar-refractivity contribution in [1.29, 1.82) is 0 Å². The second-order valence-electron chi connectivity index (χ2n) is 8.44. The predicted molar refractivity (Wildman–Crippen MR) is 128 cm³/mol. The number of hydrogen-bond acceptors (Lipinski definition) is 5. The van der Waals surface area contributed by atoms with Crippen LogP contribution >= 0.6 is 0 Å². The predicted octanol–water partition coefficient (Wildman–Crippen LogP) is 3.69. The van der Waals surface area contributed by atoms with E-state index >= 15 is 0 Å². The average molecular weight is 469 g/mol. The van der Waals surface area contributed by atoms with Gasteiger partial charge in [0.2, 0.25) is 5.91 Å². The number of ether oxygens (including phenoxy) is 2. The van der Waals surface area contributed by atoms with Crippen LogP contribution in [-0.4, -0.2) is 55.0 Å². The van der Waals surface area contributed by atoms with E-state index in [1.54, 1.807) is 6.92 Å². The first-order valence-corrected chi connectivity index (χ1v) is 11.5. The molecule has 1 unspecified atom stereocenters. The second kappa shape index (κ2) is 11.7. The Morgan fingerprint density at radius 3 is 2.12 bits per heavy atom. The molecule has 2 amide bonds. The fourth-order valence-corrected chi connectivity index (χ4v) is 4.25. The van der Waals surface area contributed by atoms with Crippen molar-refractivity contribution in [2.24, 2.45) is 0 Å². The minimum absolute atomic E-state index is 0.0280. The Kier molecular flexibility index (Phi) is 8.65. The molecule has 182 valence electrons. The molecule has 8 nitrogen and oxygen atoms in total. The van der Waals surface area contributed by atoms with Gasteiger partial charge in [0.05, 0.1) is 6.10 Å². The van der Waals surface area contributed by atoms with Crippen molar-refractivity contribution in [3.8, 4) is 11.1 Å². The molecule has 1 aliphatic rings. The van der Waals surface area contributed by atoms with Crippen molar-refractivity contribution in [1.82, 2.24) is 10.6 Å². The molecule has 2 aromatic carbocycles. The van der Waals surface area contributed by atoms with Gasteiger partial charge in [0.15, 0.2) is 6.04 Å². The summed E-state index contributed by atoms with van der Waals surface area (Å²) >= 11 is 0. The van der Waals surface area contributed by atoms with Gasteiger partial charge in [-0.05, 0) is 42.0 Å². The summed E-state index contributed by atoms with van der Waals surface area (Å²) in [6.07, 6.45) is -0.162. The number of carbonyl (C=O) groups is 3. The summed E-state index contributed by atoms with van der Waals surface area (Å²) in [4.78, 5) is 36.1.